The zero-order chi connectivity index (χ0) is 10.4. The molecular weight excluding hydrogens is 206 g/mol. The van der Waals surface area contributed by atoms with Crippen molar-refractivity contribution in [1.82, 2.24) is 25.9 Å². The average Bonchev–Trinajstić information content (AvgIpc) is 2.70. The smallest absolute Gasteiger partial charge is 0.292 e. The summed E-state index contributed by atoms with van der Waals surface area (Å²) < 4.78 is 11.0. The van der Waals surface area contributed by atoms with Crippen LogP contribution >= 0.6 is 0 Å². The van der Waals surface area contributed by atoms with E-state index < -0.39 is 16.7 Å². The van der Waals surface area contributed by atoms with Crippen LogP contribution in [-0.2, 0) is 10.8 Å². The molecule has 0 saturated carbocycles. The van der Waals surface area contributed by atoms with Crippen molar-refractivity contribution < 1.29 is 9.00 Å². The standard InChI is InChI=1S/C6H11N5O2S/c1-2-14(13)4-3-7-6(12)5-8-10-11-9-5/h2-4H2,1H3,(H,7,12)(H,8,9,10,11). The fourth-order valence-electron chi connectivity index (χ4n) is 0.760. The third-order valence-corrected chi connectivity index (χ3v) is 2.79. The van der Waals surface area contributed by atoms with E-state index in [4.69, 9.17) is 0 Å². The number of nitrogens with one attached hydrogen (secondary N) is 2. The summed E-state index contributed by atoms with van der Waals surface area (Å²) in [6.45, 7) is 2.19. The van der Waals surface area contributed by atoms with E-state index in [1.165, 1.54) is 0 Å². The molecule has 0 saturated heterocycles. The van der Waals surface area contributed by atoms with Crippen molar-refractivity contribution in [2.75, 3.05) is 18.1 Å². The second-order valence-corrected chi connectivity index (χ2v) is 4.29. The predicted molar refractivity (Wildman–Crippen MR) is 50.1 cm³/mol. The Morgan fingerprint density at radius 3 is 3.00 bits per heavy atom. The Labute approximate surface area is 83.1 Å². The highest BCUT2D eigenvalue weighted by atomic mass is 32.2. The summed E-state index contributed by atoms with van der Waals surface area (Å²) in [6.07, 6.45) is 0. The van der Waals surface area contributed by atoms with Crippen LogP contribution in [0.5, 0.6) is 0 Å². The molecule has 0 radical (unpaired) electrons. The van der Waals surface area contributed by atoms with E-state index in [0.29, 0.717) is 18.1 Å². The van der Waals surface area contributed by atoms with E-state index in [9.17, 15) is 9.00 Å². The number of H-pyrrole nitrogens is 1. The van der Waals surface area contributed by atoms with Crippen LogP contribution in [0.3, 0.4) is 0 Å². The van der Waals surface area contributed by atoms with Crippen molar-refractivity contribution >= 4 is 16.7 Å². The molecule has 1 aromatic rings. The Hall–Kier alpha value is -1.31. The largest absolute Gasteiger partial charge is 0.348 e. The van der Waals surface area contributed by atoms with Crippen LogP contribution in [0.1, 0.15) is 17.5 Å². The number of aromatic amines is 1. The SMILES string of the molecule is CCS(=O)CCNC(=O)c1nn[nH]n1. The summed E-state index contributed by atoms with van der Waals surface area (Å²) in [6, 6.07) is 0. The highest BCUT2D eigenvalue weighted by Gasteiger charge is 2.09. The lowest BCUT2D eigenvalue weighted by Crippen LogP contribution is -2.28. The second-order valence-electron chi connectivity index (χ2n) is 2.42. The van der Waals surface area contributed by atoms with Crippen LogP contribution < -0.4 is 5.32 Å². The van der Waals surface area contributed by atoms with Crippen LogP contribution in [0.2, 0.25) is 0 Å². The average molecular weight is 217 g/mol. The third kappa shape index (κ3) is 3.21. The molecule has 78 valence electrons. The lowest BCUT2D eigenvalue weighted by molar-refractivity contribution is 0.0946. The van der Waals surface area contributed by atoms with Crippen LogP contribution in [0.4, 0.5) is 0 Å². The number of hydrogen-bond acceptors (Lipinski definition) is 5. The molecular formula is C6H11N5O2S. The summed E-state index contributed by atoms with van der Waals surface area (Å²) in [5.74, 6) is 0.622. The molecule has 0 aromatic carbocycles. The van der Waals surface area contributed by atoms with E-state index >= 15 is 0 Å². The van der Waals surface area contributed by atoms with E-state index in [1.807, 2.05) is 6.92 Å². The number of carbonyl (C=O) groups is 1. The molecule has 1 rings (SSSR count). The highest BCUT2D eigenvalue weighted by Crippen LogP contribution is 1.83. The Kier molecular flexibility index (Phi) is 4.17. The minimum absolute atomic E-state index is 0.00715. The summed E-state index contributed by atoms with van der Waals surface area (Å²) in [5.41, 5.74) is 0. The van der Waals surface area contributed by atoms with Gasteiger partial charge in [0.25, 0.3) is 11.7 Å². The highest BCUT2D eigenvalue weighted by molar-refractivity contribution is 7.84. The van der Waals surface area contributed by atoms with Gasteiger partial charge in [0.1, 0.15) is 0 Å². The lowest BCUT2D eigenvalue weighted by Gasteiger charge is -2.00. The van der Waals surface area contributed by atoms with Gasteiger partial charge in [-0.25, -0.2) is 0 Å². The molecule has 0 bridgehead atoms. The van der Waals surface area contributed by atoms with Gasteiger partial charge in [0, 0.05) is 28.9 Å². The van der Waals surface area contributed by atoms with E-state index in [1.54, 1.807) is 0 Å². The summed E-state index contributed by atoms with van der Waals surface area (Å²) in [5, 5.41) is 14.9. The van der Waals surface area contributed by atoms with E-state index in [0.717, 1.165) is 0 Å². The molecule has 14 heavy (non-hydrogen) atoms. The van der Waals surface area contributed by atoms with Crippen molar-refractivity contribution in [2.45, 2.75) is 6.92 Å². The Bertz CT molecular complexity index is 312. The van der Waals surface area contributed by atoms with Crippen LogP contribution in [0.15, 0.2) is 0 Å². The zero-order valence-corrected chi connectivity index (χ0v) is 8.50. The van der Waals surface area contributed by atoms with Crippen molar-refractivity contribution in [3.05, 3.63) is 5.82 Å². The molecule has 2 N–H and O–H groups in total. The minimum Gasteiger partial charge on any atom is -0.348 e. The normalized spacial score (nSPS) is 12.4. The van der Waals surface area contributed by atoms with Gasteiger partial charge in [0.15, 0.2) is 0 Å². The van der Waals surface area contributed by atoms with Gasteiger partial charge < -0.3 is 5.32 Å². The first-order valence-corrected chi connectivity index (χ1v) is 5.59. The maximum Gasteiger partial charge on any atom is 0.292 e. The van der Waals surface area contributed by atoms with Gasteiger partial charge in [-0.05, 0) is 5.21 Å². The molecule has 1 amide bonds. The first-order chi connectivity index (χ1) is 6.74. The van der Waals surface area contributed by atoms with Gasteiger partial charge in [-0.1, -0.05) is 6.92 Å². The number of nitrogens with zero attached hydrogens (tertiary/aromatic N) is 3. The van der Waals surface area contributed by atoms with Crippen LogP contribution in [0, 0.1) is 0 Å². The Balaban J connectivity index is 2.26. The third-order valence-electron chi connectivity index (χ3n) is 1.49. The topological polar surface area (TPSA) is 101 Å². The van der Waals surface area contributed by atoms with Crippen molar-refractivity contribution in [2.24, 2.45) is 0 Å². The Morgan fingerprint density at radius 2 is 2.43 bits per heavy atom. The van der Waals surface area contributed by atoms with Gasteiger partial charge in [-0.2, -0.15) is 5.21 Å². The predicted octanol–water partition coefficient (Wildman–Crippen LogP) is -1.30. The molecule has 8 heteroatoms. The molecule has 0 fully saturated rings. The molecule has 1 unspecified atom stereocenters. The summed E-state index contributed by atoms with van der Waals surface area (Å²) in [4.78, 5) is 11.2. The number of aromatic nitrogens is 4. The maximum absolute atomic E-state index is 11.2. The lowest BCUT2D eigenvalue weighted by atomic mass is 10.5. The fraction of sp³-hybridized carbons (Fsp3) is 0.667. The summed E-state index contributed by atoms with van der Waals surface area (Å²) >= 11 is 0. The van der Waals surface area contributed by atoms with E-state index in [-0.39, 0.29) is 5.82 Å². The number of tetrazole rings is 1. The molecule has 0 aliphatic rings. The first-order valence-electron chi connectivity index (χ1n) is 4.10. The van der Waals surface area contributed by atoms with Crippen LogP contribution in [-0.4, -0.2) is 48.8 Å². The number of amides is 1. The number of rotatable bonds is 5. The quantitative estimate of drug-likeness (QED) is 0.638. The molecule has 0 spiro atoms. The molecule has 1 aromatic heterocycles. The first kappa shape index (κ1) is 10.8. The van der Waals surface area contributed by atoms with Gasteiger partial charge in [0.05, 0.1) is 0 Å². The molecule has 1 heterocycles. The van der Waals surface area contributed by atoms with Gasteiger partial charge in [-0.15, -0.1) is 10.2 Å². The van der Waals surface area contributed by atoms with Crippen molar-refractivity contribution in [3.8, 4) is 0 Å². The molecule has 1 atom stereocenters. The van der Waals surface area contributed by atoms with Crippen LogP contribution in [0.25, 0.3) is 0 Å². The van der Waals surface area contributed by atoms with Crippen molar-refractivity contribution in [1.29, 1.82) is 0 Å². The molecule has 7 nitrogen and oxygen atoms in total. The van der Waals surface area contributed by atoms with Gasteiger partial charge in [0.2, 0.25) is 0 Å². The Morgan fingerprint density at radius 1 is 1.64 bits per heavy atom. The minimum atomic E-state index is -0.869. The zero-order valence-electron chi connectivity index (χ0n) is 7.69. The van der Waals surface area contributed by atoms with E-state index in [2.05, 4.69) is 25.9 Å². The number of hydrogen-bond donors (Lipinski definition) is 2. The van der Waals surface area contributed by atoms with Gasteiger partial charge >= 0.3 is 0 Å². The fourth-order valence-corrected chi connectivity index (χ4v) is 1.38. The monoisotopic (exact) mass is 217 g/mol. The molecule has 0 aliphatic heterocycles. The van der Waals surface area contributed by atoms with Crippen molar-refractivity contribution in [3.63, 3.8) is 0 Å². The number of carbonyl (C=O) groups excluding carboxylic acids is 1. The molecule has 0 aliphatic carbocycles. The second kappa shape index (κ2) is 5.43. The van der Waals surface area contributed by atoms with Gasteiger partial charge in [-0.3, -0.25) is 9.00 Å². The summed E-state index contributed by atoms with van der Waals surface area (Å²) in [7, 11) is -0.869. The maximum atomic E-state index is 11.2.